The number of nitrogens with zero attached hydrogens (tertiary/aromatic N) is 1. The van der Waals surface area contributed by atoms with Gasteiger partial charge in [0.2, 0.25) is 11.8 Å². The lowest BCUT2D eigenvalue weighted by atomic mass is 9.95. The standard InChI is InChI=1S/C20H30FN3O2/c1-2-3-6-12-22-20(26)16-9-13-24(14-10-16)15-11-19(25)23-18-8-5-4-7-17(18)21/h4-5,7-8,16H,2-3,6,9-15H2,1H3,(H,22,26)(H,23,25). The van der Waals surface area contributed by atoms with Crippen molar-refractivity contribution in [3.8, 4) is 0 Å². The van der Waals surface area contributed by atoms with E-state index in [1.807, 2.05) is 0 Å². The van der Waals surface area contributed by atoms with Crippen molar-refractivity contribution in [2.45, 2.75) is 45.4 Å². The maximum Gasteiger partial charge on any atom is 0.225 e. The van der Waals surface area contributed by atoms with Crippen molar-refractivity contribution in [2.24, 2.45) is 5.92 Å². The number of amides is 2. The first kappa shape index (κ1) is 20.4. The van der Waals surface area contributed by atoms with E-state index < -0.39 is 5.82 Å². The number of carbonyl (C=O) groups is 2. The molecule has 0 saturated carbocycles. The molecule has 1 aromatic carbocycles. The minimum Gasteiger partial charge on any atom is -0.356 e. The summed E-state index contributed by atoms with van der Waals surface area (Å²) in [5, 5.41) is 5.63. The molecule has 1 aliphatic rings. The molecule has 1 aromatic rings. The zero-order chi connectivity index (χ0) is 18.8. The molecule has 1 aliphatic heterocycles. The normalized spacial score (nSPS) is 15.6. The number of rotatable bonds is 9. The number of unbranched alkanes of at least 4 members (excludes halogenated alkanes) is 2. The molecule has 0 aromatic heterocycles. The summed E-state index contributed by atoms with van der Waals surface area (Å²) in [6, 6.07) is 6.16. The number of hydrogen-bond acceptors (Lipinski definition) is 3. The van der Waals surface area contributed by atoms with Crippen molar-refractivity contribution < 1.29 is 14.0 Å². The van der Waals surface area contributed by atoms with E-state index in [-0.39, 0.29) is 23.4 Å². The lowest BCUT2D eigenvalue weighted by Gasteiger charge is -2.31. The number of para-hydroxylation sites is 1. The van der Waals surface area contributed by atoms with Crippen LogP contribution in [-0.2, 0) is 9.59 Å². The summed E-state index contributed by atoms with van der Waals surface area (Å²) in [6.45, 7) is 5.18. The van der Waals surface area contributed by atoms with Gasteiger partial charge in [-0.05, 0) is 44.5 Å². The van der Waals surface area contributed by atoms with Gasteiger partial charge < -0.3 is 15.5 Å². The van der Waals surface area contributed by atoms with Crippen LogP contribution >= 0.6 is 0 Å². The van der Waals surface area contributed by atoms with Crippen LogP contribution in [0, 0.1) is 11.7 Å². The van der Waals surface area contributed by atoms with Crippen LogP contribution in [0.3, 0.4) is 0 Å². The van der Waals surface area contributed by atoms with E-state index in [2.05, 4.69) is 22.5 Å². The minimum absolute atomic E-state index is 0.0834. The van der Waals surface area contributed by atoms with E-state index in [0.717, 1.165) is 51.7 Å². The van der Waals surface area contributed by atoms with Crippen LogP contribution < -0.4 is 10.6 Å². The summed E-state index contributed by atoms with van der Waals surface area (Å²) in [4.78, 5) is 26.3. The number of hydrogen-bond donors (Lipinski definition) is 2. The molecule has 0 bridgehead atoms. The highest BCUT2D eigenvalue weighted by Crippen LogP contribution is 2.18. The van der Waals surface area contributed by atoms with Gasteiger partial charge in [0, 0.05) is 25.4 Å². The lowest BCUT2D eigenvalue weighted by molar-refractivity contribution is -0.126. The molecular formula is C20H30FN3O2. The van der Waals surface area contributed by atoms with Gasteiger partial charge in [-0.25, -0.2) is 4.39 Å². The fourth-order valence-electron chi connectivity index (χ4n) is 3.18. The molecule has 144 valence electrons. The minimum atomic E-state index is -0.424. The third kappa shape index (κ3) is 6.75. The molecule has 26 heavy (non-hydrogen) atoms. The highest BCUT2D eigenvalue weighted by Gasteiger charge is 2.24. The molecule has 6 heteroatoms. The maximum atomic E-state index is 13.5. The molecule has 0 spiro atoms. The first-order valence-corrected chi connectivity index (χ1v) is 9.64. The number of anilines is 1. The average molecular weight is 363 g/mol. The summed E-state index contributed by atoms with van der Waals surface area (Å²) in [5.41, 5.74) is 0.218. The number of nitrogens with one attached hydrogen (secondary N) is 2. The Balaban J connectivity index is 1.63. The molecule has 1 saturated heterocycles. The predicted octanol–water partition coefficient (Wildman–Crippen LogP) is 3.17. The van der Waals surface area contributed by atoms with E-state index in [1.165, 1.54) is 6.07 Å². The molecule has 2 amide bonds. The Hall–Kier alpha value is -1.95. The Bertz CT molecular complexity index is 586. The molecule has 1 fully saturated rings. The first-order valence-electron chi connectivity index (χ1n) is 9.64. The summed E-state index contributed by atoms with van der Waals surface area (Å²) in [5.74, 6) is -0.365. The largest absolute Gasteiger partial charge is 0.356 e. The van der Waals surface area contributed by atoms with Crippen molar-refractivity contribution in [3.05, 3.63) is 30.1 Å². The van der Waals surface area contributed by atoms with Gasteiger partial charge in [-0.2, -0.15) is 0 Å². The Labute approximate surface area is 155 Å². The molecule has 5 nitrogen and oxygen atoms in total. The molecule has 0 unspecified atom stereocenters. The first-order chi connectivity index (χ1) is 12.6. The Morgan fingerprint density at radius 2 is 1.92 bits per heavy atom. The van der Waals surface area contributed by atoms with Gasteiger partial charge in [0.05, 0.1) is 5.69 Å². The maximum absolute atomic E-state index is 13.5. The number of benzene rings is 1. The second-order valence-electron chi connectivity index (χ2n) is 6.89. The smallest absolute Gasteiger partial charge is 0.225 e. The SMILES string of the molecule is CCCCCNC(=O)C1CCN(CCC(=O)Nc2ccccc2F)CC1. The third-order valence-electron chi connectivity index (χ3n) is 4.84. The number of likely N-dealkylation sites (tertiary alicyclic amines) is 1. The molecule has 0 radical (unpaired) electrons. The topological polar surface area (TPSA) is 61.4 Å². The summed E-state index contributed by atoms with van der Waals surface area (Å²) in [7, 11) is 0. The predicted molar refractivity (Wildman–Crippen MR) is 101 cm³/mol. The van der Waals surface area contributed by atoms with Crippen LogP contribution in [0.5, 0.6) is 0 Å². The van der Waals surface area contributed by atoms with Gasteiger partial charge in [-0.3, -0.25) is 9.59 Å². The number of halogens is 1. The van der Waals surface area contributed by atoms with Gasteiger partial charge in [-0.1, -0.05) is 31.9 Å². The van der Waals surface area contributed by atoms with Gasteiger partial charge in [0.25, 0.3) is 0 Å². The van der Waals surface area contributed by atoms with Crippen LogP contribution in [0.4, 0.5) is 10.1 Å². The second-order valence-corrected chi connectivity index (χ2v) is 6.89. The highest BCUT2D eigenvalue weighted by molar-refractivity contribution is 5.90. The zero-order valence-electron chi connectivity index (χ0n) is 15.6. The number of carbonyl (C=O) groups excluding carboxylic acids is 2. The Morgan fingerprint density at radius 3 is 2.62 bits per heavy atom. The molecule has 2 rings (SSSR count). The second kappa shape index (κ2) is 10.9. The number of piperidine rings is 1. The summed E-state index contributed by atoms with van der Waals surface area (Å²) >= 11 is 0. The van der Waals surface area contributed by atoms with E-state index >= 15 is 0 Å². The van der Waals surface area contributed by atoms with Gasteiger partial charge in [-0.15, -0.1) is 0 Å². The van der Waals surface area contributed by atoms with Crippen molar-refractivity contribution in [1.29, 1.82) is 0 Å². The van der Waals surface area contributed by atoms with Crippen molar-refractivity contribution >= 4 is 17.5 Å². The third-order valence-corrected chi connectivity index (χ3v) is 4.84. The van der Waals surface area contributed by atoms with E-state index in [1.54, 1.807) is 18.2 Å². The van der Waals surface area contributed by atoms with Crippen LogP contribution in [0.25, 0.3) is 0 Å². The van der Waals surface area contributed by atoms with Crippen molar-refractivity contribution in [3.63, 3.8) is 0 Å². The quantitative estimate of drug-likeness (QED) is 0.663. The molecule has 0 aliphatic carbocycles. The Morgan fingerprint density at radius 1 is 1.19 bits per heavy atom. The van der Waals surface area contributed by atoms with Crippen LogP contribution in [0.15, 0.2) is 24.3 Å². The molecule has 1 heterocycles. The van der Waals surface area contributed by atoms with Crippen LogP contribution in [-0.4, -0.2) is 42.9 Å². The monoisotopic (exact) mass is 363 g/mol. The zero-order valence-corrected chi connectivity index (χ0v) is 15.6. The summed E-state index contributed by atoms with van der Waals surface area (Å²) < 4.78 is 13.5. The van der Waals surface area contributed by atoms with Crippen molar-refractivity contribution in [1.82, 2.24) is 10.2 Å². The fraction of sp³-hybridized carbons (Fsp3) is 0.600. The average Bonchev–Trinajstić information content (AvgIpc) is 2.66. The summed E-state index contributed by atoms with van der Waals surface area (Å²) in [6.07, 6.45) is 5.32. The van der Waals surface area contributed by atoms with E-state index in [4.69, 9.17) is 0 Å². The van der Waals surface area contributed by atoms with Crippen LogP contribution in [0.1, 0.15) is 45.4 Å². The fourth-order valence-corrected chi connectivity index (χ4v) is 3.18. The molecule has 2 N–H and O–H groups in total. The van der Waals surface area contributed by atoms with E-state index in [0.29, 0.717) is 13.0 Å². The highest BCUT2D eigenvalue weighted by atomic mass is 19.1. The van der Waals surface area contributed by atoms with Gasteiger partial charge in [0.15, 0.2) is 0 Å². The Kier molecular flexibility index (Phi) is 8.54. The molecule has 0 atom stereocenters. The van der Waals surface area contributed by atoms with Crippen LogP contribution in [0.2, 0.25) is 0 Å². The lowest BCUT2D eigenvalue weighted by Crippen LogP contribution is -2.41. The van der Waals surface area contributed by atoms with Gasteiger partial charge >= 0.3 is 0 Å². The van der Waals surface area contributed by atoms with Crippen molar-refractivity contribution in [2.75, 3.05) is 31.5 Å². The molecular weight excluding hydrogens is 333 g/mol. The van der Waals surface area contributed by atoms with Gasteiger partial charge in [0.1, 0.15) is 5.82 Å². The van der Waals surface area contributed by atoms with E-state index in [9.17, 15) is 14.0 Å².